The van der Waals surface area contributed by atoms with E-state index < -0.39 is 0 Å². The van der Waals surface area contributed by atoms with Gasteiger partial charge in [-0.3, -0.25) is 4.90 Å². The number of aryl methyl sites for hydroxylation is 1. The Morgan fingerprint density at radius 1 is 1.04 bits per heavy atom. The summed E-state index contributed by atoms with van der Waals surface area (Å²) in [6, 6.07) is 14.6. The van der Waals surface area contributed by atoms with Gasteiger partial charge in [0.2, 0.25) is 0 Å². The number of hydrogen-bond acceptors (Lipinski definition) is 3. The number of aliphatic hydroxyl groups is 1. The van der Waals surface area contributed by atoms with E-state index in [1.54, 1.807) is 0 Å². The van der Waals surface area contributed by atoms with Gasteiger partial charge in [0.05, 0.1) is 12.3 Å². The summed E-state index contributed by atoms with van der Waals surface area (Å²) in [6.07, 6.45) is 5.15. The Morgan fingerprint density at radius 2 is 1.87 bits per heavy atom. The molecule has 0 atom stereocenters. The maximum atomic E-state index is 9.32. The van der Waals surface area contributed by atoms with Crippen molar-refractivity contribution >= 4 is 5.65 Å². The number of fused-ring (bicyclic) bond motifs is 1. The molecule has 3 rings (SSSR count). The molecule has 0 saturated heterocycles. The second kappa shape index (κ2) is 7.40. The van der Waals surface area contributed by atoms with Crippen LogP contribution in [0.1, 0.15) is 16.8 Å². The van der Waals surface area contributed by atoms with Crippen molar-refractivity contribution in [2.45, 2.75) is 19.9 Å². The molecule has 0 aliphatic rings. The van der Waals surface area contributed by atoms with Crippen LogP contribution in [-0.4, -0.2) is 39.1 Å². The number of rotatable bonds is 7. The lowest BCUT2D eigenvalue weighted by Gasteiger charge is -2.20. The Morgan fingerprint density at radius 3 is 2.65 bits per heavy atom. The molecule has 0 amide bonds. The molecule has 0 saturated carbocycles. The molecule has 4 nitrogen and oxygen atoms in total. The third-order valence-corrected chi connectivity index (χ3v) is 4.01. The van der Waals surface area contributed by atoms with Gasteiger partial charge in [-0.05, 0) is 30.5 Å². The van der Waals surface area contributed by atoms with Crippen LogP contribution < -0.4 is 0 Å². The van der Waals surface area contributed by atoms with Crippen molar-refractivity contribution in [1.82, 2.24) is 14.3 Å². The zero-order valence-corrected chi connectivity index (χ0v) is 13.5. The highest BCUT2D eigenvalue weighted by Crippen LogP contribution is 2.10. The fraction of sp³-hybridized carbons (Fsp3) is 0.316. The van der Waals surface area contributed by atoms with E-state index in [-0.39, 0.29) is 6.61 Å². The molecule has 2 aromatic heterocycles. The summed E-state index contributed by atoms with van der Waals surface area (Å²) in [5, 5.41) is 9.32. The molecule has 0 aliphatic carbocycles. The Hall–Kier alpha value is -2.17. The standard InChI is InChI=1S/C19H23N3O/c1-16-7-8-19-20-18(15-22(19)13-16)14-21(11-12-23)10-9-17-5-3-2-4-6-17/h2-8,13,15,23H,9-12,14H2,1H3. The second-order valence-electron chi connectivity index (χ2n) is 5.94. The molecule has 0 unspecified atom stereocenters. The molecule has 0 fully saturated rings. The molecule has 3 aromatic rings. The molecule has 0 bridgehead atoms. The summed E-state index contributed by atoms with van der Waals surface area (Å²) in [5.74, 6) is 0. The Balaban J connectivity index is 1.67. The van der Waals surface area contributed by atoms with Gasteiger partial charge < -0.3 is 9.51 Å². The third-order valence-electron chi connectivity index (χ3n) is 4.01. The SMILES string of the molecule is Cc1ccc2nc(CN(CCO)CCc3ccccc3)cn2c1. The van der Waals surface area contributed by atoms with E-state index in [9.17, 15) is 5.11 Å². The summed E-state index contributed by atoms with van der Waals surface area (Å²) in [4.78, 5) is 6.92. The first-order valence-electron chi connectivity index (χ1n) is 8.06. The van der Waals surface area contributed by atoms with E-state index in [0.717, 1.165) is 30.9 Å². The highest BCUT2D eigenvalue weighted by molar-refractivity contribution is 5.41. The van der Waals surface area contributed by atoms with Gasteiger partial charge in [0.1, 0.15) is 5.65 Å². The number of pyridine rings is 1. The lowest BCUT2D eigenvalue weighted by Crippen LogP contribution is -2.28. The van der Waals surface area contributed by atoms with E-state index in [1.165, 1.54) is 11.1 Å². The monoisotopic (exact) mass is 309 g/mol. The van der Waals surface area contributed by atoms with E-state index >= 15 is 0 Å². The lowest BCUT2D eigenvalue weighted by atomic mass is 10.1. The van der Waals surface area contributed by atoms with Crippen LogP contribution in [-0.2, 0) is 13.0 Å². The molecule has 0 radical (unpaired) electrons. The Kier molecular flexibility index (Phi) is 5.05. The van der Waals surface area contributed by atoms with Crippen LogP contribution >= 0.6 is 0 Å². The molecule has 120 valence electrons. The smallest absolute Gasteiger partial charge is 0.137 e. The molecule has 4 heteroatoms. The normalized spacial score (nSPS) is 11.4. The first-order chi connectivity index (χ1) is 11.2. The molecule has 2 heterocycles. The molecule has 0 aliphatic heterocycles. The fourth-order valence-electron chi connectivity index (χ4n) is 2.80. The zero-order valence-electron chi connectivity index (χ0n) is 13.5. The third kappa shape index (κ3) is 4.18. The first-order valence-corrected chi connectivity index (χ1v) is 8.06. The number of imidazole rings is 1. The summed E-state index contributed by atoms with van der Waals surface area (Å²) >= 11 is 0. The Labute approximate surface area is 137 Å². The summed E-state index contributed by atoms with van der Waals surface area (Å²) in [7, 11) is 0. The minimum Gasteiger partial charge on any atom is -0.395 e. The van der Waals surface area contributed by atoms with Crippen molar-refractivity contribution in [2.75, 3.05) is 19.7 Å². The average Bonchev–Trinajstić information content (AvgIpc) is 2.95. The van der Waals surface area contributed by atoms with Gasteiger partial charge in [-0.1, -0.05) is 36.4 Å². The van der Waals surface area contributed by atoms with Crippen molar-refractivity contribution in [3.8, 4) is 0 Å². The van der Waals surface area contributed by atoms with E-state index in [2.05, 4.69) is 63.9 Å². The minimum absolute atomic E-state index is 0.168. The van der Waals surface area contributed by atoms with Crippen molar-refractivity contribution in [3.05, 3.63) is 71.7 Å². The van der Waals surface area contributed by atoms with Crippen LogP contribution in [0.2, 0.25) is 0 Å². The van der Waals surface area contributed by atoms with Gasteiger partial charge >= 0.3 is 0 Å². The van der Waals surface area contributed by atoms with Crippen LogP contribution in [0.4, 0.5) is 0 Å². The number of benzene rings is 1. The van der Waals surface area contributed by atoms with Gasteiger partial charge in [-0.15, -0.1) is 0 Å². The summed E-state index contributed by atoms with van der Waals surface area (Å²) in [6.45, 7) is 4.59. The van der Waals surface area contributed by atoms with Gasteiger partial charge in [-0.2, -0.15) is 0 Å². The quantitative estimate of drug-likeness (QED) is 0.729. The second-order valence-corrected chi connectivity index (χ2v) is 5.94. The molecule has 23 heavy (non-hydrogen) atoms. The molecule has 1 N–H and O–H groups in total. The number of hydrogen-bond donors (Lipinski definition) is 1. The predicted molar refractivity (Wildman–Crippen MR) is 92.4 cm³/mol. The van der Waals surface area contributed by atoms with Gasteiger partial charge in [0.15, 0.2) is 0 Å². The predicted octanol–water partition coefficient (Wildman–Crippen LogP) is 2.68. The largest absolute Gasteiger partial charge is 0.395 e. The molecule has 0 spiro atoms. The number of aliphatic hydroxyl groups excluding tert-OH is 1. The average molecular weight is 309 g/mol. The van der Waals surface area contributed by atoms with Crippen LogP contribution in [0.3, 0.4) is 0 Å². The fourth-order valence-corrected chi connectivity index (χ4v) is 2.80. The molecule has 1 aromatic carbocycles. The molecular weight excluding hydrogens is 286 g/mol. The number of aromatic nitrogens is 2. The van der Waals surface area contributed by atoms with Gasteiger partial charge in [-0.25, -0.2) is 4.98 Å². The maximum Gasteiger partial charge on any atom is 0.137 e. The van der Waals surface area contributed by atoms with Crippen LogP contribution in [0, 0.1) is 6.92 Å². The van der Waals surface area contributed by atoms with Gasteiger partial charge in [0.25, 0.3) is 0 Å². The van der Waals surface area contributed by atoms with Crippen molar-refractivity contribution < 1.29 is 5.11 Å². The number of nitrogens with zero attached hydrogens (tertiary/aromatic N) is 3. The molecular formula is C19H23N3O. The van der Waals surface area contributed by atoms with E-state index in [0.29, 0.717) is 6.54 Å². The topological polar surface area (TPSA) is 40.8 Å². The van der Waals surface area contributed by atoms with Crippen LogP contribution in [0.25, 0.3) is 5.65 Å². The van der Waals surface area contributed by atoms with Crippen molar-refractivity contribution in [1.29, 1.82) is 0 Å². The summed E-state index contributed by atoms with van der Waals surface area (Å²) in [5.41, 5.74) is 4.55. The van der Waals surface area contributed by atoms with Crippen LogP contribution in [0.5, 0.6) is 0 Å². The van der Waals surface area contributed by atoms with Crippen molar-refractivity contribution in [2.24, 2.45) is 0 Å². The minimum atomic E-state index is 0.168. The Bertz CT molecular complexity index is 752. The highest BCUT2D eigenvalue weighted by Gasteiger charge is 2.09. The van der Waals surface area contributed by atoms with Crippen molar-refractivity contribution in [3.63, 3.8) is 0 Å². The van der Waals surface area contributed by atoms with Gasteiger partial charge in [0, 0.05) is 32.0 Å². The first kappa shape index (κ1) is 15.7. The van der Waals surface area contributed by atoms with E-state index in [4.69, 9.17) is 0 Å². The van der Waals surface area contributed by atoms with E-state index in [1.807, 2.05) is 12.1 Å². The zero-order chi connectivity index (χ0) is 16.1. The maximum absolute atomic E-state index is 9.32. The van der Waals surface area contributed by atoms with Crippen LogP contribution in [0.15, 0.2) is 54.9 Å². The summed E-state index contributed by atoms with van der Waals surface area (Å²) < 4.78 is 2.07. The highest BCUT2D eigenvalue weighted by atomic mass is 16.3. The lowest BCUT2D eigenvalue weighted by molar-refractivity contribution is 0.190.